The SMILES string of the molecule is Bc1cc(B)c2c(c1)c1c(B)c(B)c3c4cc(B)cc(B)c4n(-c4cccc5c4sc4cc(-c6nc(-c7ccccc7)nc(-c7ccccc7)n6)ccc45)c3c1n2-c1ccccc1. The van der Waals surface area contributed by atoms with Crippen LogP contribution in [-0.4, -0.2) is 71.2 Å². The molecule has 0 bridgehead atoms. The molecule has 0 atom stereocenters. The van der Waals surface area contributed by atoms with Crippen LogP contribution < -0.4 is 32.8 Å². The third kappa shape index (κ3) is 5.74. The summed E-state index contributed by atoms with van der Waals surface area (Å²) in [6, 6.07) is 54.3. The Balaban J connectivity index is 1.17. The Bertz CT molecular complexity index is 3810. The van der Waals surface area contributed by atoms with Crippen LogP contribution in [0.15, 0.2) is 152 Å². The predicted molar refractivity (Wildman–Crippen MR) is 287 cm³/mol. The monoisotopic (exact) mass is 817 g/mol. The zero-order chi connectivity index (χ0) is 42.7. The van der Waals surface area contributed by atoms with Gasteiger partial charge in [-0.05, 0) is 24.3 Å². The van der Waals surface area contributed by atoms with Gasteiger partial charge in [-0.3, -0.25) is 0 Å². The first kappa shape index (κ1) is 37.7. The second-order valence-corrected chi connectivity index (χ2v) is 18.2. The van der Waals surface area contributed by atoms with Crippen molar-refractivity contribution < 1.29 is 0 Å². The van der Waals surface area contributed by atoms with Crippen molar-refractivity contribution in [3.63, 3.8) is 0 Å². The van der Waals surface area contributed by atoms with Gasteiger partial charge in [0, 0.05) is 70.4 Å². The van der Waals surface area contributed by atoms with Crippen LogP contribution in [0.2, 0.25) is 0 Å². The fraction of sp³-hybridized carbons (Fsp3) is 0. The second-order valence-electron chi connectivity index (χ2n) is 17.2. The van der Waals surface area contributed by atoms with Gasteiger partial charge in [0.25, 0.3) is 0 Å². The molecule has 0 N–H and O–H groups in total. The maximum absolute atomic E-state index is 5.09. The molecule has 12 heteroatoms. The molecule has 12 aromatic rings. The van der Waals surface area contributed by atoms with Crippen molar-refractivity contribution >= 4 is 155 Å². The van der Waals surface area contributed by atoms with Crippen LogP contribution in [0.1, 0.15) is 0 Å². The highest BCUT2D eigenvalue weighted by atomic mass is 32.1. The standard InChI is InChI=1S/C51H37B6N5S/c52-29-22-34-40-42(56)43(57)41-35-23-30(53)25-37(55)45(35)62(47(41)46(40)61(44(34)36(54)24-29)31-15-8-3-9-16-31)38-18-10-17-33-32-20-19-28(21-39(32)63-48(33)38)51-59-49(26-11-4-1-5-12-26)58-50(60-51)27-13-6-2-7-14-27/h1-25H,52-57H2. The maximum atomic E-state index is 5.09. The molecular formula is C51H37B6N5S. The molecule has 8 aromatic carbocycles. The zero-order valence-corrected chi connectivity index (χ0v) is 36.9. The van der Waals surface area contributed by atoms with Crippen LogP contribution in [-0.2, 0) is 0 Å². The van der Waals surface area contributed by atoms with Crippen molar-refractivity contribution in [3.8, 4) is 45.5 Å². The van der Waals surface area contributed by atoms with Crippen LogP contribution in [0.3, 0.4) is 0 Å². The van der Waals surface area contributed by atoms with Gasteiger partial charge < -0.3 is 9.13 Å². The van der Waals surface area contributed by atoms with E-state index in [9.17, 15) is 0 Å². The first-order valence-electron chi connectivity index (χ1n) is 21.6. The van der Waals surface area contributed by atoms with E-state index in [0.29, 0.717) is 17.5 Å². The molecule has 0 saturated carbocycles. The Morgan fingerprint density at radius 3 is 1.48 bits per heavy atom. The molecule has 63 heavy (non-hydrogen) atoms. The van der Waals surface area contributed by atoms with Gasteiger partial charge in [0.2, 0.25) is 0 Å². The summed E-state index contributed by atoms with van der Waals surface area (Å²) in [7, 11) is 13.7. The molecule has 0 radical (unpaired) electrons. The Morgan fingerprint density at radius 2 is 0.905 bits per heavy atom. The molecule has 4 heterocycles. The molecule has 0 aliphatic carbocycles. The zero-order valence-electron chi connectivity index (χ0n) is 36.1. The molecule has 0 aliphatic heterocycles. The summed E-state index contributed by atoms with van der Waals surface area (Å²) < 4.78 is 7.59. The second kappa shape index (κ2) is 14.3. The number of para-hydroxylation sites is 1. The van der Waals surface area contributed by atoms with E-state index in [-0.39, 0.29) is 0 Å². The summed E-state index contributed by atoms with van der Waals surface area (Å²) in [6.07, 6.45) is 0. The summed E-state index contributed by atoms with van der Waals surface area (Å²) in [5, 5.41) is 7.68. The molecular weight excluding hydrogens is 780 g/mol. The summed E-state index contributed by atoms with van der Waals surface area (Å²) in [6.45, 7) is 0. The molecule has 0 spiro atoms. The number of rotatable bonds is 5. The van der Waals surface area contributed by atoms with Crippen LogP contribution in [0.5, 0.6) is 0 Å². The molecule has 0 fully saturated rings. The summed E-state index contributed by atoms with van der Waals surface area (Å²) in [5.74, 6) is 1.97. The van der Waals surface area contributed by atoms with Gasteiger partial charge in [0.05, 0.1) is 21.4 Å². The average molecular weight is 817 g/mol. The van der Waals surface area contributed by atoms with Gasteiger partial charge in [-0.1, -0.05) is 160 Å². The third-order valence-corrected chi connectivity index (χ3v) is 14.2. The van der Waals surface area contributed by atoms with E-state index in [1.54, 1.807) is 0 Å². The minimum atomic E-state index is 0.656. The lowest BCUT2D eigenvalue weighted by Gasteiger charge is -2.16. The molecule has 0 saturated heterocycles. The molecule has 0 unspecified atom stereocenters. The lowest BCUT2D eigenvalue weighted by atomic mass is 9.74. The summed E-state index contributed by atoms with van der Waals surface area (Å²) in [4.78, 5) is 15.1. The summed E-state index contributed by atoms with van der Waals surface area (Å²) >= 11 is 1.85. The van der Waals surface area contributed by atoms with E-state index in [1.165, 1.54) is 102 Å². The smallest absolute Gasteiger partial charge is 0.164 e. The Morgan fingerprint density at radius 1 is 0.397 bits per heavy atom. The van der Waals surface area contributed by atoms with Crippen molar-refractivity contribution in [2.24, 2.45) is 0 Å². The number of fused-ring (bicyclic) bond motifs is 10. The van der Waals surface area contributed by atoms with E-state index >= 15 is 0 Å². The lowest BCUT2D eigenvalue weighted by Crippen LogP contribution is -2.27. The van der Waals surface area contributed by atoms with Crippen molar-refractivity contribution in [3.05, 3.63) is 152 Å². The maximum Gasteiger partial charge on any atom is 0.164 e. The number of hydrogen-bond acceptors (Lipinski definition) is 4. The quantitative estimate of drug-likeness (QED) is 0.252. The van der Waals surface area contributed by atoms with E-state index in [0.717, 1.165) is 22.4 Å². The highest BCUT2D eigenvalue weighted by Crippen LogP contribution is 2.44. The fourth-order valence-corrected chi connectivity index (χ4v) is 11.5. The van der Waals surface area contributed by atoms with Gasteiger partial charge >= 0.3 is 0 Å². The average Bonchev–Trinajstić information content (AvgIpc) is 3.97. The van der Waals surface area contributed by atoms with Crippen LogP contribution >= 0.6 is 11.3 Å². The third-order valence-electron chi connectivity index (χ3n) is 13.0. The molecule has 0 aliphatic rings. The van der Waals surface area contributed by atoms with Crippen LogP contribution in [0, 0.1) is 0 Å². The number of benzene rings is 8. The van der Waals surface area contributed by atoms with Crippen molar-refractivity contribution in [1.29, 1.82) is 0 Å². The van der Waals surface area contributed by atoms with Gasteiger partial charge in [0.15, 0.2) is 17.5 Å². The van der Waals surface area contributed by atoms with Gasteiger partial charge in [-0.25, -0.2) is 15.0 Å². The topological polar surface area (TPSA) is 48.5 Å². The molecule has 4 aromatic heterocycles. The normalized spacial score (nSPS) is 11.9. The molecule has 290 valence electrons. The first-order valence-corrected chi connectivity index (χ1v) is 22.4. The van der Waals surface area contributed by atoms with Crippen molar-refractivity contribution in [2.75, 3.05) is 0 Å². The van der Waals surface area contributed by atoms with E-state index < -0.39 is 0 Å². The highest BCUT2D eigenvalue weighted by molar-refractivity contribution is 7.26. The number of nitrogens with zero attached hydrogens (tertiary/aromatic N) is 5. The number of thiophene rings is 1. The van der Waals surface area contributed by atoms with Gasteiger partial charge in [-0.15, -0.1) is 11.3 Å². The Kier molecular flexibility index (Phi) is 8.54. The lowest BCUT2D eigenvalue weighted by molar-refractivity contribution is 1.07. The van der Waals surface area contributed by atoms with Gasteiger partial charge in [0.1, 0.15) is 47.1 Å². The number of aromatic nitrogens is 5. The van der Waals surface area contributed by atoms with Crippen LogP contribution in [0.25, 0.3) is 109 Å². The van der Waals surface area contributed by atoms with Crippen LogP contribution in [0.4, 0.5) is 0 Å². The fourth-order valence-electron chi connectivity index (χ4n) is 10.3. The minimum absolute atomic E-state index is 0.656. The predicted octanol–water partition coefficient (Wildman–Crippen LogP) is 2.99. The highest BCUT2D eigenvalue weighted by Gasteiger charge is 2.27. The van der Waals surface area contributed by atoms with E-state index in [2.05, 4.69) is 171 Å². The number of hydrogen-bond donors (Lipinski definition) is 0. The Hall–Kier alpha value is -7.02. The molecule has 12 rings (SSSR count). The summed E-state index contributed by atoms with van der Waals surface area (Å²) in [5.41, 5.74) is 18.0. The largest absolute Gasteiger partial charge is 0.308 e. The Labute approximate surface area is 374 Å². The van der Waals surface area contributed by atoms with E-state index in [4.69, 9.17) is 15.0 Å². The first-order chi connectivity index (χ1) is 30.7. The van der Waals surface area contributed by atoms with Gasteiger partial charge in [-0.2, -0.15) is 0 Å². The molecule has 0 amide bonds. The van der Waals surface area contributed by atoms with Crippen molar-refractivity contribution in [1.82, 2.24) is 24.1 Å². The minimum Gasteiger partial charge on any atom is -0.308 e. The van der Waals surface area contributed by atoms with E-state index in [1.807, 2.05) is 47.7 Å². The van der Waals surface area contributed by atoms with Crippen molar-refractivity contribution in [2.45, 2.75) is 0 Å². The molecule has 5 nitrogen and oxygen atoms in total.